The van der Waals surface area contributed by atoms with Crippen LogP contribution in [-0.4, -0.2) is 0 Å². The van der Waals surface area contributed by atoms with Gasteiger partial charge in [-0.25, -0.2) is 0 Å². The zero-order valence-electron chi connectivity index (χ0n) is 8.86. The molecule has 0 radical (unpaired) electrons. The minimum absolute atomic E-state index is 1.16. The Bertz CT molecular complexity index is 202. The molecule has 0 heterocycles. The van der Waals surface area contributed by atoms with Gasteiger partial charge in [-0.3, -0.25) is 0 Å². The number of rotatable bonds is 0. The van der Waals surface area contributed by atoms with Crippen molar-refractivity contribution in [3.05, 3.63) is 48.6 Å². The zero-order chi connectivity index (χ0) is 9.90. The monoisotopic (exact) mass is 188 g/mol. The first-order valence-corrected chi connectivity index (χ1v) is 5.62. The molecule has 0 aromatic carbocycles. The highest BCUT2D eigenvalue weighted by atomic mass is 13.9. The second-order valence-electron chi connectivity index (χ2n) is 3.53. The summed E-state index contributed by atoms with van der Waals surface area (Å²) in [4.78, 5) is 0. The molecule has 0 amide bonds. The Morgan fingerprint density at radius 1 is 0.357 bits per heavy atom. The summed E-state index contributed by atoms with van der Waals surface area (Å²) in [5.41, 5.74) is 0. The van der Waals surface area contributed by atoms with Crippen molar-refractivity contribution < 1.29 is 0 Å². The molecule has 0 N–H and O–H groups in total. The molecule has 0 nitrogen and oxygen atoms in total. The maximum atomic E-state index is 2.29. The molecule has 0 bridgehead atoms. The van der Waals surface area contributed by atoms with Crippen molar-refractivity contribution in [2.24, 2.45) is 0 Å². The van der Waals surface area contributed by atoms with E-state index in [1.165, 1.54) is 25.7 Å². The summed E-state index contributed by atoms with van der Waals surface area (Å²) in [7, 11) is 0. The summed E-state index contributed by atoms with van der Waals surface area (Å²) >= 11 is 0. The fourth-order valence-corrected chi connectivity index (χ4v) is 1.40. The van der Waals surface area contributed by atoms with E-state index in [0.29, 0.717) is 0 Å². The van der Waals surface area contributed by atoms with Crippen molar-refractivity contribution >= 4 is 0 Å². The van der Waals surface area contributed by atoms with E-state index in [1.807, 2.05) is 0 Å². The van der Waals surface area contributed by atoms with Crippen LogP contribution in [0.2, 0.25) is 0 Å². The molecule has 0 aromatic heterocycles. The van der Waals surface area contributed by atoms with Gasteiger partial charge in [0, 0.05) is 0 Å². The summed E-state index contributed by atoms with van der Waals surface area (Å²) in [5.74, 6) is 0. The van der Waals surface area contributed by atoms with Gasteiger partial charge >= 0.3 is 0 Å². The number of allylic oxidation sites excluding steroid dienone is 8. The largest absolute Gasteiger partial charge is 0.0882 e. The zero-order valence-corrected chi connectivity index (χ0v) is 8.86. The topological polar surface area (TPSA) is 0 Å². The molecular formula is C14H20. The van der Waals surface area contributed by atoms with Crippen molar-refractivity contribution in [1.82, 2.24) is 0 Å². The van der Waals surface area contributed by atoms with Gasteiger partial charge in [0.1, 0.15) is 0 Å². The summed E-state index contributed by atoms with van der Waals surface area (Å²) in [5, 5.41) is 0. The van der Waals surface area contributed by atoms with E-state index in [0.717, 1.165) is 12.8 Å². The van der Waals surface area contributed by atoms with Crippen molar-refractivity contribution in [2.75, 3.05) is 0 Å². The first kappa shape index (κ1) is 11.0. The molecular weight excluding hydrogens is 168 g/mol. The van der Waals surface area contributed by atoms with Crippen molar-refractivity contribution in [2.45, 2.75) is 38.5 Å². The second kappa shape index (κ2) is 8.55. The minimum atomic E-state index is 1.16. The van der Waals surface area contributed by atoms with Gasteiger partial charge in [0.15, 0.2) is 0 Å². The van der Waals surface area contributed by atoms with Crippen LogP contribution in [0.4, 0.5) is 0 Å². The first-order chi connectivity index (χ1) is 7.00. The predicted octanol–water partition coefficient (Wildman–Crippen LogP) is 4.57. The Morgan fingerprint density at radius 3 is 1.00 bits per heavy atom. The van der Waals surface area contributed by atoms with Crippen LogP contribution in [0.25, 0.3) is 0 Å². The summed E-state index contributed by atoms with van der Waals surface area (Å²) < 4.78 is 0. The SMILES string of the molecule is C1=CCC/C=C\CC/C=C\CC/C=C\1. The van der Waals surface area contributed by atoms with E-state index in [1.54, 1.807) is 0 Å². The third-order valence-corrected chi connectivity index (χ3v) is 2.22. The lowest BCUT2D eigenvalue weighted by Gasteiger charge is -1.90. The van der Waals surface area contributed by atoms with Gasteiger partial charge in [0.25, 0.3) is 0 Å². The van der Waals surface area contributed by atoms with E-state index >= 15 is 0 Å². The Balaban J connectivity index is 2.34. The smallest absolute Gasteiger partial charge is 0.0313 e. The van der Waals surface area contributed by atoms with E-state index in [4.69, 9.17) is 0 Å². The molecule has 0 atom stereocenters. The van der Waals surface area contributed by atoms with Crippen molar-refractivity contribution in [3.63, 3.8) is 0 Å². The van der Waals surface area contributed by atoms with Gasteiger partial charge in [-0.15, -0.1) is 0 Å². The molecule has 1 aliphatic carbocycles. The number of hydrogen-bond donors (Lipinski definition) is 0. The average molecular weight is 188 g/mol. The summed E-state index contributed by atoms with van der Waals surface area (Å²) in [6.07, 6.45) is 25.0. The van der Waals surface area contributed by atoms with Crippen LogP contribution in [-0.2, 0) is 0 Å². The molecule has 0 aromatic rings. The van der Waals surface area contributed by atoms with Crippen molar-refractivity contribution in [1.29, 1.82) is 0 Å². The van der Waals surface area contributed by atoms with Crippen LogP contribution in [0.5, 0.6) is 0 Å². The molecule has 0 unspecified atom stereocenters. The lowest BCUT2D eigenvalue weighted by atomic mass is 10.2. The molecule has 0 saturated heterocycles. The average Bonchev–Trinajstić information content (AvgIpc) is 2.22. The predicted molar refractivity (Wildman–Crippen MR) is 64.3 cm³/mol. The molecule has 0 spiro atoms. The maximum absolute atomic E-state index is 2.29. The van der Waals surface area contributed by atoms with E-state index in [9.17, 15) is 0 Å². The molecule has 0 saturated carbocycles. The van der Waals surface area contributed by atoms with E-state index in [-0.39, 0.29) is 0 Å². The van der Waals surface area contributed by atoms with E-state index in [2.05, 4.69) is 48.6 Å². The van der Waals surface area contributed by atoms with Gasteiger partial charge in [-0.1, -0.05) is 48.6 Å². The molecule has 0 fully saturated rings. The van der Waals surface area contributed by atoms with Crippen LogP contribution in [0.1, 0.15) is 38.5 Å². The normalized spacial score (nSPS) is 26.3. The molecule has 0 aliphatic heterocycles. The molecule has 76 valence electrons. The third-order valence-electron chi connectivity index (χ3n) is 2.22. The van der Waals surface area contributed by atoms with Gasteiger partial charge in [0.2, 0.25) is 0 Å². The molecule has 1 rings (SSSR count). The maximum Gasteiger partial charge on any atom is -0.0313 e. The highest BCUT2D eigenvalue weighted by Crippen LogP contribution is 2.01. The van der Waals surface area contributed by atoms with Crippen LogP contribution < -0.4 is 0 Å². The quantitative estimate of drug-likeness (QED) is 0.489. The summed E-state index contributed by atoms with van der Waals surface area (Å²) in [6, 6.07) is 0. The van der Waals surface area contributed by atoms with Crippen molar-refractivity contribution in [3.8, 4) is 0 Å². The van der Waals surface area contributed by atoms with Crippen LogP contribution in [0.3, 0.4) is 0 Å². The third kappa shape index (κ3) is 6.47. The van der Waals surface area contributed by atoms with Gasteiger partial charge < -0.3 is 0 Å². The fraction of sp³-hybridized carbons (Fsp3) is 0.429. The Kier molecular flexibility index (Phi) is 6.74. The molecule has 14 heavy (non-hydrogen) atoms. The fourth-order valence-electron chi connectivity index (χ4n) is 1.40. The molecule has 1 aliphatic rings. The Morgan fingerprint density at radius 2 is 0.643 bits per heavy atom. The van der Waals surface area contributed by atoms with Gasteiger partial charge in [-0.05, 0) is 38.5 Å². The highest BCUT2D eigenvalue weighted by molar-refractivity contribution is 5.04. The highest BCUT2D eigenvalue weighted by Gasteiger charge is 1.80. The van der Waals surface area contributed by atoms with Crippen LogP contribution in [0, 0.1) is 0 Å². The lowest BCUT2D eigenvalue weighted by molar-refractivity contribution is 0.983. The Hall–Kier alpha value is -1.04. The lowest BCUT2D eigenvalue weighted by Crippen LogP contribution is -1.70. The minimum Gasteiger partial charge on any atom is -0.0882 e. The van der Waals surface area contributed by atoms with Gasteiger partial charge in [-0.2, -0.15) is 0 Å². The van der Waals surface area contributed by atoms with Gasteiger partial charge in [0.05, 0.1) is 0 Å². The Labute approximate surface area is 87.7 Å². The molecule has 0 heteroatoms. The number of hydrogen-bond acceptors (Lipinski definition) is 0. The van der Waals surface area contributed by atoms with Crippen LogP contribution >= 0.6 is 0 Å². The second-order valence-corrected chi connectivity index (χ2v) is 3.53. The van der Waals surface area contributed by atoms with Crippen LogP contribution in [0.15, 0.2) is 48.6 Å². The first-order valence-electron chi connectivity index (χ1n) is 5.62. The summed E-state index contributed by atoms with van der Waals surface area (Å²) in [6.45, 7) is 0. The van der Waals surface area contributed by atoms with E-state index < -0.39 is 0 Å². The standard InChI is InChI=1S/C14H20/c1-2-4-6-8-10-12-14-13-11-9-7-5-3-1/h1-4,9-12H,5-8,13-14H2/b3-1-,4-2?,11-9-,12-10-.